The number of benzene rings is 1. The van der Waals surface area contributed by atoms with Crippen LogP contribution in [0.3, 0.4) is 0 Å². The van der Waals surface area contributed by atoms with Crippen molar-refractivity contribution in [3.63, 3.8) is 0 Å². The zero-order valence-electron chi connectivity index (χ0n) is 13.8. The van der Waals surface area contributed by atoms with E-state index in [2.05, 4.69) is 42.3 Å². The number of nitrogens with one attached hydrogen (secondary N) is 2. The quantitative estimate of drug-likeness (QED) is 0.887. The molecule has 2 atom stereocenters. The minimum atomic E-state index is 0.107. The van der Waals surface area contributed by atoms with Crippen LogP contribution in [0, 0.1) is 5.92 Å². The molecule has 1 aliphatic carbocycles. The predicted molar refractivity (Wildman–Crippen MR) is 91.1 cm³/mol. The first-order valence-corrected chi connectivity index (χ1v) is 8.55. The van der Waals surface area contributed by atoms with Gasteiger partial charge in [0.1, 0.15) is 0 Å². The van der Waals surface area contributed by atoms with E-state index in [9.17, 15) is 4.79 Å². The minimum absolute atomic E-state index is 0.107. The standard InChI is InChI=1S/C19H26N2O/c1-4-12(3)19(22)20-14-9-10-17-16(11-14)15-8-6-7-13(5-2)18(15)21-17/h6-8,12,14,21H,4-5,9-11H2,1-3H3,(H,20,22). The van der Waals surface area contributed by atoms with Gasteiger partial charge in [0.15, 0.2) is 0 Å². The van der Waals surface area contributed by atoms with E-state index in [1.54, 1.807) is 0 Å². The first-order valence-electron chi connectivity index (χ1n) is 8.55. The van der Waals surface area contributed by atoms with Gasteiger partial charge in [-0.05, 0) is 43.2 Å². The van der Waals surface area contributed by atoms with Crippen LogP contribution >= 0.6 is 0 Å². The lowest BCUT2D eigenvalue weighted by molar-refractivity contribution is -0.125. The van der Waals surface area contributed by atoms with E-state index in [0.29, 0.717) is 0 Å². The lowest BCUT2D eigenvalue weighted by Gasteiger charge is -2.25. The maximum absolute atomic E-state index is 12.1. The fraction of sp³-hybridized carbons (Fsp3) is 0.526. The molecule has 2 aromatic rings. The summed E-state index contributed by atoms with van der Waals surface area (Å²) in [5.41, 5.74) is 5.45. The number of aromatic amines is 1. The highest BCUT2D eigenvalue weighted by Gasteiger charge is 2.25. The van der Waals surface area contributed by atoms with Gasteiger partial charge in [-0.25, -0.2) is 0 Å². The van der Waals surface area contributed by atoms with Crippen molar-refractivity contribution >= 4 is 16.8 Å². The number of amides is 1. The zero-order chi connectivity index (χ0) is 15.7. The van der Waals surface area contributed by atoms with E-state index in [4.69, 9.17) is 0 Å². The number of para-hydroxylation sites is 1. The maximum Gasteiger partial charge on any atom is 0.223 e. The van der Waals surface area contributed by atoms with Crippen molar-refractivity contribution < 1.29 is 4.79 Å². The highest BCUT2D eigenvalue weighted by Crippen LogP contribution is 2.31. The first-order chi connectivity index (χ1) is 10.6. The molecule has 0 fully saturated rings. The van der Waals surface area contributed by atoms with Gasteiger partial charge in [0.25, 0.3) is 0 Å². The Morgan fingerprint density at radius 3 is 2.95 bits per heavy atom. The molecule has 0 saturated carbocycles. The average Bonchev–Trinajstić information content (AvgIpc) is 2.92. The Balaban J connectivity index is 1.85. The third kappa shape index (κ3) is 2.65. The molecule has 3 heteroatoms. The molecule has 0 bridgehead atoms. The van der Waals surface area contributed by atoms with Crippen molar-refractivity contribution in [3.8, 4) is 0 Å². The molecule has 0 radical (unpaired) electrons. The van der Waals surface area contributed by atoms with Crippen LogP contribution in [0.1, 0.15) is 50.4 Å². The topological polar surface area (TPSA) is 44.9 Å². The van der Waals surface area contributed by atoms with Gasteiger partial charge in [-0.15, -0.1) is 0 Å². The number of fused-ring (bicyclic) bond motifs is 3. The molecular weight excluding hydrogens is 272 g/mol. The van der Waals surface area contributed by atoms with Gasteiger partial charge in [0.2, 0.25) is 5.91 Å². The molecule has 118 valence electrons. The molecule has 1 aromatic carbocycles. The summed E-state index contributed by atoms with van der Waals surface area (Å²) >= 11 is 0. The van der Waals surface area contributed by atoms with E-state index in [1.807, 2.05) is 6.92 Å². The fourth-order valence-corrected chi connectivity index (χ4v) is 3.45. The Hall–Kier alpha value is -1.77. The molecular formula is C19H26N2O. The smallest absolute Gasteiger partial charge is 0.223 e. The van der Waals surface area contributed by atoms with E-state index in [1.165, 1.54) is 27.7 Å². The zero-order valence-corrected chi connectivity index (χ0v) is 13.8. The molecule has 1 aromatic heterocycles. The van der Waals surface area contributed by atoms with Crippen LogP contribution in [0.2, 0.25) is 0 Å². The van der Waals surface area contributed by atoms with Crippen molar-refractivity contribution in [3.05, 3.63) is 35.0 Å². The number of H-pyrrole nitrogens is 1. The summed E-state index contributed by atoms with van der Waals surface area (Å²) in [6, 6.07) is 6.84. The molecule has 0 aliphatic heterocycles. The predicted octanol–water partition coefficient (Wildman–Crippen LogP) is 3.75. The van der Waals surface area contributed by atoms with Gasteiger partial charge < -0.3 is 10.3 Å². The number of hydrogen-bond acceptors (Lipinski definition) is 1. The second-order valence-electron chi connectivity index (χ2n) is 6.53. The Labute approximate surface area is 132 Å². The van der Waals surface area contributed by atoms with Crippen LogP contribution in [0.5, 0.6) is 0 Å². The number of aryl methyl sites for hydroxylation is 2. The van der Waals surface area contributed by atoms with E-state index in [-0.39, 0.29) is 17.9 Å². The van der Waals surface area contributed by atoms with E-state index < -0.39 is 0 Å². The fourth-order valence-electron chi connectivity index (χ4n) is 3.45. The van der Waals surface area contributed by atoms with Crippen LogP contribution in [0.4, 0.5) is 0 Å². The van der Waals surface area contributed by atoms with Gasteiger partial charge in [-0.1, -0.05) is 39.0 Å². The molecule has 3 nitrogen and oxygen atoms in total. The van der Waals surface area contributed by atoms with Crippen molar-refractivity contribution in [2.75, 3.05) is 0 Å². The van der Waals surface area contributed by atoms with Crippen LogP contribution in [0.15, 0.2) is 18.2 Å². The number of carbonyl (C=O) groups excluding carboxylic acids is 1. The lowest BCUT2D eigenvalue weighted by Crippen LogP contribution is -2.41. The molecule has 3 rings (SSSR count). The van der Waals surface area contributed by atoms with E-state index >= 15 is 0 Å². The van der Waals surface area contributed by atoms with Crippen molar-refractivity contribution in [1.82, 2.24) is 10.3 Å². The summed E-state index contributed by atoms with van der Waals surface area (Å²) in [5, 5.41) is 4.59. The van der Waals surface area contributed by atoms with Gasteiger partial charge >= 0.3 is 0 Å². The summed E-state index contributed by atoms with van der Waals surface area (Å²) in [7, 11) is 0. The van der Waals surface area contributed by atoms with Crippen molar-refractivity contribution in [2.45, 2.75) is 58.9 Å². The number of rotatable bonds is 4. The molecule has 0 saturated heterocycles. The highest BCUT2D eigenvalue weighted by atomic mass is 16.1. The second-order valence-corrected chi connectivity index (χ2v) is 6.53. The molecule has 2 unspecified atom stereocenters. The number of aromatic nitrogens is 1. The molecule has 1 amide bonds. The van der Waals surface area contributed by atoms with Crippen LogP contribution in [-0.4, -0.2) is 16.9 Å². The summed E-state index contributed by atoms with van der Waals surface area (Å²) < 4.78 is 0. The lowest BCUT2D eigenvalue weighted by atomic mass is 9.90. The maximum atomic E-state index is 12.1. The third-order valence-electron chi connectivity index (χ3n) is 5.10. The molecule has 2 N–H and O–H groups in total. The van der Waals surface area contributed by atoms with Gasteiger partial charge in [0, 0.05) is 28.6 Å². The SMILES string of the molecule is CCc1cccc2c3c([nH]c12)CCC(NC(=O)C(C)CC)C3. The molecule has 1 heterocycles. The monoisotopic (exact) mass is 298 g/mol. The van der Waals surface area contributed by atoms with Gasteiger partial charge in [-0.2, -0.15) is 0 Å². The summed E-state index contributed by atoms with van der Waals surface area (Å²) in [5.74, 6) is 0.307. The Morgan fingerprint density at radius 2 is 2.23 bits per heavy atom. The molecule has 22 heavy (non-hydrogen) atoms. The molecule has 0 spiro atoms. The number of hydrogen-bond donors (Lipinski definition) is 2. The summed E-state index contributed by atoms with van der Waals surface area (Å²) in [6.07, 6.45) is 4.95. The minimum Gasteiger partial charge on any atom is -0.358 e. The Morgan fingerprint density at radius 1 is 1.41 bits per heavy atom. The van der Waals surface area contributed by atoms with Crippen LogP contribution in [-0.2, 0) is 24.1 Å². The van der Waals surface area contributed by atoms with Crippen molar-refractivity contribution in [1.29, 1.82) is 0 Å². The first kappa shape index (κ1) is 15.1. The van der Waals surface area contributed by atoms with Crippen LogP contribution in [0.25, 0.3) is 10.9 Å². The van der Waals surface area contributed by atoms with Crippen molar-refractivity contribution in [2.24, 2.45) is 5.92 Å². The van der Waals surface area contributed by atoms with Gasteiger partial charge in [0.05, 0.1) is 0 Å². The van der Waals surface area contributed by atoms with E-state index in [0.717, 1.165) is 32.1 Å². The second kappa shape index (κ2) is 6.15. The molecule has 1 aliphatic rings. The summed E-state index contributed by atoms with van der Waals surface area (Å²) in [4.78, 5) is 15.8. The highest BCUT2D eigenvalue weighted by molar-refractivity contribution is 5.88. The van der Waals surface area contributed by atoms with Crippen LogP contribution < -0.4 is 5.32 Å². The Bertz CT molecular complexity index is 686. The normalized spacial score (nSPS) is 19.0. The average molecular weight is 298 g/mol. The Kier molecular flexibility index (Phi) is 4.23. The summed E-state index contributed by atoms with van der Waals surface area (Å²) in [6.45, 7) is 6.27. The van der Waals surface area contributed by atoms with Gasteiger partial charge in [-0.3, -0.25) is 4.79 Å². The largest absolute Gasteiger partial charge is 0.358 e. The number of carbonyl (C=O) groups is 1. The third-order valence-corrected chi connectivity index (χ3v) is 5.10.